The van der Waals surface area contributed by atoms with Crippen LogP contribution in [0.2, 0.25) is 5.02 Å². The summed E-state index contributed by atoms with van der Waals surface area (Å²) in [5, 5.41) is 3.77. The summed E-state index contributed by atoms with van der Waals surface area (Å²) in [5.74, 6) is 1.24. The van der Waals surface area contributed by atoms with E-state index in [2.05, 4.69) is 46.8 Å². The Labute approximate surface area is 155 Å². The monoisotopic (exact) mass is 413 g/mol. The molecule has 2 aromatic heterocycles. The zero-order valence-corrected chi connectivity index (χ0v) is 16.3. The van der Waals surface area contributed by atoms with Crippen molar-refractivity contribution in [1.29, 1.82) is 0 Å². The number of nitrogens with zero attached hydrogens (tertiary/aromatic N) is 4. The van der Waals surface area contributed by atoms with Gasteiger partial charge in [-0.25, -0.2) is 4.98 Å². The highest BCUT2D eigenvalue weighted by Crippen LogP contribution is 2.19. The van der Waals surface area contributed by atoms with Gasteiger partial charge in [0.15, 0.2) is 5.96 Å². The molecule has 0 aliphatic heterocycles. The third kappa shape index (κ3) is 5.14. The summed E-state index contributed by atoms with van der Waals surface area (Å²) in [6.07, 6.45) is 3.68. The summed E-state index contributed by atoms with van der Waals surface area (Å²) in [4.78, 5) is 10.4. The number of hydrogen-bond acceptors (Lipinski definition) is 3. The highest BCUT2D eigenvalue weighted by molar-refractivity contribution is 9.10. The van der Waals surface area contributed by atoms with E-state index in [9.17, 15) is 0 Å². The molecule has 6 nitrogen and oxygen atoms in total. The first kappa shape index (κ1) is 18.6. The number of rotatable bonds is 6. The van der Waals surface area contributed by atoms with Crippen LogP contribution in [0.1, 0.15) is 5.69 Å². The summed E-state index contributed by atoms with van der Waals surface area (Å²) >= 11 is 9.49. The Bertz CT molecular complexity index is 704. The van der Waals surface area contributed by atoms with E-state index >= 15 is 0 Å². The minimum Gasteiger partial charge on any atom is -0.475 e. The van der Waals surface area contributed by atoms with Gasteiger partial charge in [-0.15, -0.1) is 0 Å². The zero-order valence-electron chi connectivity index (χ0n) is 14.0. The molecule has 1 N–H and O–H groups in total. The maximum Gasteiger partial charge on any atom is 0.232 e. The Balaban J connectivity index is 1.81. The number of hydrogen-bond donors (Lipinski definition) is 1. The summed E-state index contributed by atoms with van der Waals surface area (Å²) < 4.78 is 8.71. The van der Waals surface area contributed by atoms with Crippen LogP contribution < -0.4 is 10.1 Å². The predicted molar refractivity (Wildman–Crippen MR) is 101 cm³/mol. The molecule has 0 saturated heterocycles. The van der Waals surface area contributed by atoms with Gasteiger partial charge in [0.05, 0.1) is 13.1 Å². The van der Waals surface area contributed by atoms with Crippen molar-refractivity contribution >= 4 is 33.5 Å². The second kappa shape index (κ2) is 8.94. The van der Waals surface area contributed by atoms with Gasteiger partial charge in [0, 0.05) is 43.7 Å². The van der Waals surface area contributed by atoms with Crippen molar-refractivity contribution in [2.24, 2.45) is 12.0 Å². The molecule has 24 heavy (non-hydrogen) atoms. The molecule has 0 unspecified atom stereocenters. The Morgan fingerprint density at radius 1 is 1.54 bits per heavy atom. The van der Waals surface area contributed by atoms with Crippen molar-refractivity contribution in [2.75, 3.05) is 27.2 Å². The second-order valence-corrected chi connectivity index (χ2v) is 6.55. The first-order chi connectivity index (χ1) is 11.5. The molecule has 0 bridgehead atoms. The van der Waals surface area contributed by atoms with Crippen molar-refractivity contribution in [3.05, 3.63) is 45.8 Å². The van der Waals surface area contributed by atoms with Gasteiger partial charge >= 0.3 is 0 Å². The van der Waals surface area contributed by atoms with Crippen molar-refractivity contribution < 1.29 is 4.74 Å². The molecular formula is C16H21BrClN5O. The standard InChI is InChI=1S/C16H21BrClN5O/c1-19-16(23(3)11-13-9-12(17)10-22(13)2)21-7-8-24-15-14(18)5-4-6-20-15/h4-6,9-10H,7-8,11H2,1-3H3,(H,19,21). The Morgan fingerprint density at radius 3 is 2.96 bits per heavy atom. The molecule has 2 heterocycles. The Hall–Kier alpha value is -1.73. The van der Waals surface area contributed by atoms with Crippen LogP contribution in [0.25, 0.3) is 0 Å². The number of aliphatic imine (C=N–C) groups is 1. The number of nitrogens with one attached hydrogen (secondary N) is 1. The number of aromatic nitrogens is 2. The lowest BCUT2D eigenvalue weighted by atomic mass is 10.4. The van der Waals surface area contributed by atoms with Crippen LogP contribution in [0, 0.1) is 0 Å². The Morgan fingerprint density at radius 2 is 2.33 bits per heavy atom. The van der Waals surface area contributed by atoms with E-state index in [0.717, 1.165) is 17.0 Å². The van der Waals surface area contributed by atoms with Gasteiger partial charge in [-0.1, -0.05) is 11.6 Å². The highest BCUT2D eigenvalue weighted by atomic mass is 79.9. The highest BCUT2D eigenvalue weighted by Gasteiger charge is 2.09. The van der Waals surface area contributed by atoms with Gasteiger partial charge < -0.3 is 19.5 Å². The van der Waals surface area contributed by atoms with Crippen LogP contribution in [-0.2, 0) is 13.6 Å². The van der Waals surface area contributed by atoms with E-state index in [1.54, 1.807) is 25.4 Å². The van der Waals surface area contributed by atoms with Crippen LogP contribution >= 0.6 is 27.5 Å². The first-order valence-electron chi connectivity index (χ1n) is 7.47. The number of halogens is 2. The molecule has 0 saturated carbocycles. The minimum absolute atomic E-state index is 0.443. The van der Waals surface area contributed by atoms with Crippen molar-refractivity contribution in [3.8, 4) is 5.88 Å². The molecule has 0 atom stereocenters. The molecule has 0 fully saturated rings. The molecule has 0 aromatic carbocycles. The predicted octanol–water partition coefficient (Wildman–Crippen LogP) is 2.92. The van der Waals surface area contributed by atoms with Gasteiger partial charge in [-0.05, 0) is 34.1 Å². The van der Waals surface area contributed by atoms with Crippen molar-refractivity contribution in [1.82, 2.24) is 19.8 Å². The number of ether oxygens (including phenoxy) is 1. The van der Waals surface area contributed by atoms with Gasteiger partial charge in [-0.2, -0.15) is 0 Å². The fourth-order valence-corrected chi connectivity index (χ4v) is 2.96. The van der Waals surface area contributed by atoms with Crippen LogP contribution in [0.5, 0.6) is 5.88 Å². The molecule has 0 aliphatic rings. The number of pyridine rings is 1. The quantitative estimate of drug-likeness (QED) is 0.449. The van der Waals surface area contributed by atoms with Crippen LogP contribution in [0.4, 0.5) is 0 Å². The maximum atomic E-state index is 6.00. The minimum atomic E-state index is 0.443. The van der Waals surface area contributed by atoms with Gasteiger partial charge in [0.2, 0.25) is 5.88 Å². The topological polar surface area (TPSA) is 54.7 Å². The third-order valence-corrected chi connectivity index (χ3v) is 4.12. The van der Waals surface area contributed by atoms with E-state index in [4.69, 9.17) is 16.3 Å². The zero-order chi connectivity index (χ0) is 17.5. The van der Waals surface area contributed by atoms with Crippen molar-refractivity contribution in [3.63, 3.8) is 0 Å². The molecule has 8 heteroatoms. The average molecular weight is 415 g/mol. The van der Waals surface area contributed by atoms with E-state index in [1.165, 1.54) is 5.69 Å². The lowest BCUT2D eigenvalue weighted by molar-refractivity contribution is 0.307. The SMILES string of the molecule is CN=C(NCCOc1ncccc1Cl)N(C)Cc1cc(Br)cn1C. The Kier molecular flexibility index (Phi) is 6.93. The van der Waals surface area contributed by atoms with Gasteiger partial charge in [0.25, 0.3) is 0 Å². The summed E-state index contributed by atoms with van der Waals surface area (Å²) in [6, 6.07) is 5.62. The summed E-state index contributed by atoms with van der Waals surface area (Å²) in [7, 11) is 5.78. The van der Waals surface area contributed by atoms with E-state index in [0.29, 0.717) is 24.1 Å². The molecule has 0 spiro atoms. The van der Waals surface area contributed by atoms with E-state index in [1.807, 2.05) is 20.3 Å². The number of aryl methyl sites for hydroxylation is 1. The normalized spacial score (nSPS) is 11.5. The lowest BCUT2D eigenvalue weighted by Gasteiger charge is -2.22. The maximum absolute atomic E-state index is 6.00. The van der Waals surface area contributed by atoms with Gasteiger partial charge in [0.1, 0.15) is 11.6 Å². The first-order valence-corrected chi connectivity index (χ1v) is 8.64. The fourth-order valence-electron chi connectivity index (χ4n) is 2.21. The van der Waals surface area contributed by atoms with Crippen LogP contribution in [-0.4, -0.2) is 47.7 Å². The average Bonchev–Trinajstić information content (AvgIpc) is 2.86. The van der Waals surface area contributed by atoms with E-state index < -0.39 is 0 Å². The molecule has 130 valence electrons. The summed E-state index contributed by atoms with van der Waals surface area (Å²) in [5.41, 5.74) is 1.18. The third-order valence-electron chi connectivity index (χ3n) is 3.40. The van der Waals surface area contributed by atoms with Crippen LogP contribution in [0.3, 0.4) is 0 Å². The van der Waals surface area contributed by atoms with E-state index in [-0.39, 0.29) is 0 Å². The molecular weight excluding hydrogens is 394 g/mol. The van der Waals surface area contributed by atoms with Crippen molar-refractivity contribution in [2.45, 2.75) is 6.54 Å². The second-order valence-electron chi connectivity index (χ2n) is 5.23. The summed E-state index contributed by atoms with van der Waals surface area (Å²) in [6.45, 7) is 1.79. The molecule has 2 aromatic rings. The number of guanidine groups is 1. The van der Waals surface area contributed by atoms with Crippen LogP contribution in [0.15, 0.2) is 40.1 Å². The lowest BCUT2D eigenvalue weighted by Crippen LogP contribution is -2.40. The smallest absolute Gasteiger partial charge is 0.232 e. The largest absolute Gasteiger partial charge is 0.475 e. The fraction of sp³-hybridized carbons (Fsp3) is 0.375. The molecule has 0 radical (unpaired) electrons. The van der Waals surface area contributed by atoms with Gasteiger partial charge in [-0.3, -0.25) is 4.99 Å². The molecule has 0 amide bonds. The molecule has 2 rings (SSSR count). The molecule has 0 aliphatic carbocycles.